The first-order valence-corrected chi connectivity index (χ1v) is 16.2. The van der Waals surface area contributed by atoms with Crippen LogP contribution in [0, 0.1) is 0 Å². The SMILES string of the molecule is COc1ccc(/C=C\c2cc(CO)c(CO)c(OC)c2)cc1OP(=O)([O-])Oc1cc(/C=C\c2cc(OC)c(OC)c(OC)c2)ccc1OC. The summed E-state index contributed by atoms with van der Waals surface area (Å²) in [7, 11) is 3.76. The first-order chi connectivity index (χ1) is 23.6. The lowest BCUT2D eigenvalue weighted by Crippen LogP contribution is -2.14. The van der Waals surface area contributed by atoms with E-state index in [-0.39, 0.29) is 36.2 Å². The molecule has 12 nitrogen and oxygen atoms in total. The molecule has 0 aliphatic heterocycles. The third kappa shape index (κ3) is 9.07. The van der Waals surface area contributed by atoms with Gasteiger partial charge in [-0.05, 0) is 76.3 Å². The summed E-state index contributed by atoms with van der Waals surface area (Å²) in [4.78, 5) is 13.2. The Balaban J connectivity index is 1.58. The van der Waals surface area contributed by atoms with Crippen molar-refractivity contribution in [3.05, 3.63) is 94.0 Å². The molecule has 0 aliphatic rings. The molecule has 0 saturated carbocycles. The van der Waals surface area contributed by atoms with Crippen LogP contribution in [-0.2, 0) is 17.8 Å². The van der Waals surface area contributed by atoms with E-state index < -0.39 is 7.82 Å². The second-order valence-electron chi connectivity index (χ2n) is 10.3. The zero-order valence-corrected chi connectivity index (χ0v) is 28.8. The highest BCUT2D eigenvalue weighted by atomic mass is 31.2. The first kappa shape index (κ1) is 36.7. The molecule has 0 fully saturated rings. The van der Waals surface area contributed by atoms with Crippen LogP contribution in [0.4, 0.5) is 0 Å². The monoisotopic (exact) mass is 693 g/mol. The fraction of sp³-hybridized carbons (Fsp3) is 0.222. The molecule has 0 spiro atoms. The van der Waals surface area contributed by atoms with E-state index >= 15 is 0 Å². The Morgan fingerprint density at radius 1 is 0.531 bits per heavy atom. The van der Waals surface area contributed by atoms with Crippen molar-refractivity contribution in [3.63, 3.8) is 0 Å². The Kier molecular flexibility index (Phi) is 12.6. The molecule has 0 amide bonds. The topological polar surface area (TPSA) is 154 Å². The van der Waals surface area contributed by atoms with Crippen LogP contribution in [0.5, 0.6) is 46.0 Å². The summed E-state index contributed by atoms with van der Waals surface area (Å²) in [6.07, 6.45) is 6.99. The van der Waals surface area contributed by atoms with Crippen LogP contribution in [0.15, 0.2) is 60.7 Å². The molecule has 0 heterocycles. The van der Waals surface area contributed by atoms with E-state index in [9.17, 15) is 19.7 Å². The second-order valence-corrected chi connectivity index (χ2v) is 11.5. The highest BCUT2D eigenvalue weighted by molar-refractivity contribution is 7.46. The molecule has 0 aromatic heterocycles. The molecule has 0 aliphatic carbocycles. The number of aliphatic hydroxyl groups excluding tert-OH is 2. The van der Waals surface area contributed by atoms with Crippen LogP contribution in [0.25, 0.3) is 24.3 Å². The predicted octanol–water partition coefficient (Wildman–Crippen LogP) is 5.99. The quantitative estimate of drug-likeness (QED) is 0.105. The molecule has 4 aromatic rings. The van der Waals surface area contributed by atoms with Gasteiger partial charge in [0.05, 0.1) is 55.9 Å². The van der Waals surface area contributed by atoms with Crippen molar-refractivity contribution in [1.29, 1.82) is 0 Å². The number of rotatable bonds is 16. The van der Waals surface area contributed by atoms with Gasteiger partial charge >= 0.3 is 7.82 Å². The van der Waals surface area contributed by atoms with Crippen LogP contribution in [0.1, 0.15) is 33.4 Å². The van der Waals surface area contributed by atoms with E-state index in [2.05, 4.69) is 0 Å². The molecule has 1 unspecified atom stereocenters. The molecule has 0 radical (unpaired) electrons. The zero-order valence-electron chi connectivity index (χ0n) is 27.9. The van der Waals surface area contributed by atoms with Gasteiger partial charge in [-0.25, -0.2) is 4.57 Å². The van der Waals surface area contributed by atoms with Gasteiger partial charge in [-0.3, -0.25) is 0 Å². The molecule has 4 aromatic carbocycles. The van der Waals surface area contributed by atoms with Crippen molar-refractivity contribution in [1.82, 2.24) is 0 Å². The first-order valence-electron chi connectivity index (χ1n) is 14.8. The summed E-state index contributed by atoms with van der Waals surface area (Å²) in [5, 5.41) is 19.4. The number of phosphoric acid groups is 1. The van der Waals surface area contributed by atoms with E-state index in [0.29, 0.717) is 50.8 Å². The summed E-state index contributed by atoms with van der Waals surface area (Å²) < 4.78 is 56.3. The molecule has 0 saturated heterocycles. The van der Waals surface area contributed by atoms with Crippen LogP contribution in [0.2, 0.25) is 0 Å². The summed E-state index contributed by atoms with van der Waals surface area (Å²) >= 11 is 0. The molecular weight excluding hydrogens is 655 g/mol. The van der Waals surface area contributed by atoms with Crippen LogP contribution < -0.4 is 42.4 Å². The molecule has 13 heteroatoms. The standard InChI is InChI=1S/C36H39O12P/c1-41-29-13-11-23(7-9-25-15-27(21-37)28(22-38)31(18-25)43-3)16-32(29)47-49(39,40)48-33-17-24(12-14-30(33)42-2)8-10-26-19-34(44-4)36(46-6)35(20-26)45-5/h7-20,37-38H,21-22H2,1-6H3,(H,39,40)/p-1/b9-7-,10-8-. The molecule has 49 heavy (non-hydrogen) atoms. The number of hydrogen-bond donors (Lipinski definition) is 2. The van der Waals surface area contributed by atoms with E-state index in [1.54, 1.807) is 72.8 Å². The Bertz CT molecular complexity index is 1690. The summed E-state index contributed by atoms with van der Waals surface area (Å²) in [6.45, 7) is -0.578. The maximum Gasteiger partial charge on any atom is 0.372 e. The van der Waals surface area contributed by atoms with E-state index in [1.165, 1.54) is 54.8 Å². The number of methoxy groups -OCH3 is 6. The van der Waals surface area contributed by atoms with Gasteiger partial charge in [-0.15, -0.1) is 0 Å². The van der Waals surface area contributed by atoms with Gasteiger partial charge in [0.2, 0.25) is 5.75 Å². The van der Waals surface area contributed by atoms with E-state index in [1.807, 2.05) is 0 Å². The van der Waals surface area contributed by atoms with Gasteiger partial charge in [0.1, 0.15) is 5.75 Å². The number of aliphatic hydroxyl groups is 2. The number of phosphoric ester groups is 1. The Labute approximate surface area is 284 Å². The van der Waals surface area contributed by atoms with Crippen LogP contribution in [0.3, 0.4) is 0 Å². The molecule has 2 N–H and O–H groups in total. The predicted molar refractivity (Wildman–Crippen MR) is 184 cm³/mol. The minimum Gasteiger partial charge on any atom is -0.736 e. The van der Waals surface area contributed by atoms with Crippen molar-refractivity contribution in [2.75, 3.05) is 42.7 Å². The number of ether oxygens (including phenoxy) is 6. The molecule has 0 bridgehead atoms. The van der Waals surface area contributed by atoms with Crippen molar-refractivity contribution in [3.8, 4) is 46.0 Å². The van der Waals surface area contributed by atoms with Gasteiger partial charge in [-0.2, -0.15) is 0 Å². The second kappa shape index (κ2) is 16.8. The highest BCUT2D eigenvalue weighted by Gasteiger charge is 2.20. The van der Waals surface area contributed by atoms with Crippen molar-refractivity contribution in [2.45, 2.75) is 13.2 Å². The van der Waals surface area contributed by atoms with Gasteiger partial charge in [0.25, 0.3) is 0 Å². The largest absolute Gasteiger partial charge is 0.736 e. The third-order valence-corrected chi connectivity index (χ3v) is 8.13. The minimum atomic E-state index is -5.04. The average molecular weight is 694 g/mol. The number of hydrogen-bond acceptors (Lipinski definition) is 12. The van der Waals surface area contributed by atoms with E-state index in [0.717, 1.165) is 5.56 Å². The smallest absolute Gasteiger partial charge is 0.372 e. The summed E-state index contributed by atoms with van der Waals surface area (Å²) in [6, 6.07) is 16.5. The fourth-order valence-electron chi connectivity index (χ4n) is 4.90. The van der Waals surface area contributed by atoms with Gasteiger partial charge in [0, 0.05) is 5.56 Å². The normalized spacial score (nSPS) is 12.4. The third-order valence-electron chi connectivity index (χ3n) is 7.29. The Morgan fingerprint density at radius 2 is 0.939 bits per heavy atom. The summed E-state index contributed by atoms with van der Waals surface area (Å²) in [5.74, 6) is 1.96. The average Bonchev–Trinajstić information content (AvgIpc) is 3.11. The minimum absolute atomic E-state index is 0.0946. The zero-order chi connectivity index (χ0) is 35.6. The van der Waals surface area contributed by atoms with Gasteiger partial charge in [0.15, 0.2) is 34.5 Å². The molecule has 1 atom stereocenters. The summed E-state index contributed by atoms with van der Waals surface area (Å²) in [5.41, 5.74) is 3.60. The molecular formula is C36H38O12P-. The maximum absolute atomic E-state index is 13.2. The van der Waals surface area contributed by atoms with Crippen LogP contribution >= 0.6 is 7.82 Å². The molecule has 4 rings (SSSR count). The van der Waals surface area contributed by atoms with Gasteiger partial charge < -0.3 is 52.6 Å². The van der Waals surface area contributed by atoms with Crippen molar-refractivity contribution in [2.24, 2.45) is 0 Å². The van der Waals surface area contributed by atoms with E-state index in [4.69, 9.17) is 37.5 Å². The molecule has 260 valence electrons. The van der Waals surface area contributed by atoms with Gasteiger partial charge in [-0.1, -0.05) is 36.4 Å². The van der Waals surface area contributed by atoms with Crippen molar-refractivity contribution >= 4 is 32.1 Å². The fourth-order valence-corrected chi connectivity index (χ4v) is 5.71. The Hall–Kier alpha value is -5.13. The van der Waals surface area contributed by atoms with Crippen molar-refractivity contribution < 1.29 is 57.1 Å². The Morgan fingerprint density at radius 3 is 1.35 bits per heavy atom. The highest BCUT2D eigenvalue weighted by Crippen LogP contribution is 2.47. The maximum atomic E-state index is 13.2. The lowest BCUT2D eigenvalue weighted by Gasteiger charge is -2.25. The lowest BCUT2D eigenvalue weighted by atomic mass is 10.0. The number of benzene rings is 4. The lowest BCUT2D eigenvalue weighted by molar-refractivity contribution is -0.208. The van der Waals surface area contributed by atoms with Crippen LogP contribution in [-0.4, -0.2) is 52.9 Å².